The number of carbonyl (C=O) groups is 2. The second-order valence-corrected chi connectivity index (χ2v) is 4.91. The molecule has 0 saturated heterocycles. The summed E-state index contributed by atoms with van der Waals surface area (Å²) in [5.41, 5.74) is 4.11. The topological polar surface area (TPSA) is 99.6 Å². The lowest BCUT2D eigenvalue weighted by molar-refractivity contribution is -0.0956. The van der Waals surface area contributed by atoms with Gasteiger partial charge in [0.2, 0.25) is 0 Å². The van der Waals surface area contributed by atoms with Crippen LogP contribution in [-0.2, 0) is 4.74 Å². The third kappa shape index (κ3) is 4.58. The van der Waals surface area contributed by atoms with Gasteiger partial charge in [-0.15, -0.1) is 0 Å². The standard InChI is InChI=1S/C11H13F3N4O3/c1-10(2,3)21-9(20)17-7(15)6-4-5-16-18(6)8(19)11(12,13)14/h4-5H,1-3H3,(H2,15,17,20). The Morgan fingerprint density at radius 1 is 1.33 bits per heavy atom. The molecule has 1 rings (SSSR count). The fraction of sp³-hybridized carbons (Fsp3) is 0.455. The van der Waals surface area contributed by atoms with Crippen LogP contribution in [0.15, 0.2) is 17.3 Å². The average Bonchev–Trinajstić information content (AvgIpc) is 2.72. The van der Waals surface area contributed by atoms with Gasteiger partial charge in [0.25, 0.3) is 0 Å². The van der Waals surface area contributed by atoms with Crippen molar-refractivity contribution in [3.05, 3.63) is 18.0 Å². The number of halogens is 3. The van der Waals surface area contributed by atoms with Crippen LogP contribution in [0.5, 0.6) is 0 Å². The van der Waals surface area contributed by atoms with Gasteiger partial charge in [0.15, 0.2) is 5.84 Å². The van der Waals surface area contributed by atoms with Crippen molar-refractivity contribution >= 4 is 17.8 Å². The number of alkyl halides is 3. The molecule has 21 heavy (non-hydrogen) atoms. The SMILES string of the molecule is CC(C)(C)OC(=O)N=C(N)c1ccnn1C(=O)C(F)(F)F. The molecule has 0 fully saturated rings. The van der Waals surface area contributed by atoms with Crippen molar-refractivity contribution in [3.8, 4) is 0 Å². The van der Waals surface area contributed by atoms with Gasteiger partial charge in [0.1, 0.15) is 11.3 Å². The quantitative estimate of drug-likeness (QED) is 0.629. The first-order valence-corrected chi connectivity index (χ1v) is 5.65. The minimum Gasteiger partial charge on any atom is -0.442 e. The van der Waals surface area contributed by atoms with E-state index < -0.39 is 35.3 Å². The summed E-state index contributed by atoms with van der Waals surface area (Å²) >= 11 is 0. The maximum absolute atomic E-state index is 12.4. The maximum Gasteiger partial charge on any atom is 0.473 e. The lowest BCUT2D eigenvalue weighted by Gasteiger charge is -2.17. The molecule has 1 aromatic rings. The van der Waals surface area contributed by atoms with Crippen LogP contribution in [0.2, 0.25) is 0 Å². The lowest BCUT2D eigenvalue weighted by atomic mass is 10.2. The van der Waals surface area contributed by atoms with Crippen molar-refractivity contribution < 1.29 is 27.5 Å². The van der Waals surface area contributed by atoms with Gasteiger partial charge in [-0.05, 0) is 26.8 Å². The first-order valence-electron chi connectivity index (χ1n) is 5.65. The van der Waals surface area contributed by atoms with Crippen LogP contribution in [0.25, 0.3) is 0 Å². The van der Waals surface area contributed by atoms with Crippen molar-refractivity contribution in [3.63, 3.8) is 0 Å². The first-order chi connectivity index (χ1) is 9.42. The molecule has 0 spiro atoms. The highest BCUT2D eigenvalue weighted by atomic mass is 19.4. The van der Waals surface area contributed by atoms with E-state index in [0.29, 0.717) is 0 Å². The summed E-state index contributed by atoms with van der Waals surface area (Å²) in [6.45, 7) is 4.73. The molecule has 7 nitrogen and oxygen atoms in total. The van der Waals surface area contributed by atoms with Gasteiger partial charge in [0, 0.05) is 0 Å². The highest BCUT2D eigenvalue weighted by Crippen LogP contribution is 2.18. The van der Waals surface area contributed by atoms with E-state index in [4.69, 9.17) is 10.5 Å². The number of rotatable bonds is 1. The summed E-state index contributed by atoms with van der Waals surface area (Å²) in [6, 6.07) is 1.02. The highest BCUT2D eigenvalue weighted by Gasteiger charge is 2.41. The zero-order valence-electron chi connectivity index (χ0n) is 11.4. The maximum atomic E-state index is 12.4. The molecule has 0 saturated carbocycles. The largest absolute Gasteiger partial charge is 0.473 e. The molecule has 1 aromatic heterocycles. The molecule has 0 unspecified atom stereocenters. The van der Waals surface area contributed by atoms with Gasteiger partial charge in [-0.2, -0.15) is 27.9 Å². The van der Waals surface area contributed by atoms with Crippen molar-refractivity contribution in [2.24, 2.45) is 10.7 Å². The predicted molar refractivity (Wildman–Crippen MR) is 65.9 cm³/mol. The Bertz CT molecular complexity index is 584. The van der Waals surface area contributed by atoms with Gasteiger partial charge < -0.3 is 10.5 Å². The second kappa shape index (κ2) is 5.54. The fourth-order valence-electron chi connectivity index (χ4n) is 1.22. The summed E-state index contributed by atoms with van der Waals surface area (Å²) in [4.78, 5) is 25.8. The monoisotopic (exact) mass is 306 g/mol. The Kier molecular flexibility index (Phi) is 4.40. The van der Waals surface area contributed by atoms with Crippen molar-refractivity contribution in [1.82, 2.24) is 9.78 Å². The fourth-order valence-corrected chi connectivity index (χ4v) is 1.22. The zero-order chi connectivity index (χ0) is 16.4. The Morgan fingerprint density at radius 3 is 2.38 bits per heavy atom. The summed E-state index contributed by atoms with van der Waals surface area (Å²) in [7, 11) is 0. The third-order valence-electron chi connectivity index (χ3n) is 1.95. The van der Waals surface area contributed by atoms with Crippen LogP contribution in [0.3, 0.4) is 0 Å². The van der Waals surface area contributed by atoms with E-state index in [-0.39, 0.29) is 4.68 Å². The summed E-state index contributed by atoms with van der Waals surface area (Å²) in [5.74, 6) is -2.86. The van der Waals surface area contributed by atoms with Crippen molar-refractivity contribution in [2.75, 3.05) is 0 Å². The molecule has 0 aliphatic rings. The number of nitrogens with two attached hydrogens (primary N) is 1. The number of amides is 1. The number of hydrogen-bond donors (Lipinski definition) is 1. The average molecular weight is 306 g/mol. The molecule has 0 aliphatic carbocycles. The number of amidine groups is 1. The smallest absolute Gasteiger partial charge is 0.442 e. The number of hydrogen-bond acceptors (Lipinski definition) is 4. The van der Waals surface area contributed by atoms with Crippen LogP contribution < -0.4 is 5.73 Å². The van der Waals surface area contributed by atoms with Gasteiger partial charge in [-0.3, -0.25) is 4.79 Å². The number of aromatic nitrogens is 2. The molecule has 10 heteroatoms. The minimum atomic E-state index is -5.13. The van der Waals surface area contributed by atoms with Gasteiger partial charge in [0.05, 0.1) is 6.20 Å². The van der Waals surface area contributed by atoms with Gasteiger partial charge in [-0.25, -0.2) is 4.79 Å². The summed E-state index contributed by atoms with van der Waals surface area (Å²) < 4.78 is 41.9. The molecule has 1 amide bonds. The van der Waals surface area contributed by atoms with Crippen molar-refractivity contribution in [1.29, 1.82) is 0 Å². The van der Waals surface area contributed by atoms with E-state index in [1.807, 2.05) is 0 Å². The van der Waals surface area contributed by atoms with Crippen LogP contribution in [0.1, 0.15) is 31.3 Å². The highest BCUT2D eigenvalue weighted by molar-refractivity contribution is 6.04. The van der Waals surface area contributed by atoms with Crippen molar-refractivity contribution in [2.45, 2.75) is 32.5 Å². The number of aliphatic imine (C=N–C) groups is 1. The van der Waals surface area contributed by atoms with E-state index in [1.165, 1.54) is 0 Å². The number of carbonyl (C=O) groups excluding carboxylic acids is 2. The number of nitrogens with zero attached hydrogens (tertiary/aromatic N) is 3. The molecule has 1 heterocycles. The molecular weight excluding hydrogens is 293 g/mol. The van der Waals surface area contributed by atoms with E-state index >= 15 is 0 Å². The van der Waals surface area contributed by atoms with E-state index in [0.717, 1.165) is 12.3 Å². The lowest BCUT2D eigenvalue weighted by Crippen LogP contribution is -2.34. The zero-order valence-corrected chi connectivity index (χ0v) is 11.4. The van der Waals surface area contributed by atoms with Crippen LogP contribution in [-0.4, -0.2) is 39.4 Å². The first kappa shape index (κ1) is 16.7. The Morgan fingerprint density at radius 2 is 1.90 bits per heavy atom. The Labute approximate surface area is 117 Å². The number of ether oxygens (including phenoxy) is 1. The van der Waals surface area contributed by atoms with E-state index in [2.05, 4.69) is 10.1 Å². The van der Waals surface area contributed by atoms with E-state index in [9.17, 15) is 22.8 Å². The Hall–Kier alpha value is -2.39. The molecule has 0 bridgehead atoms. The molecule has 116 valence electrons. The molecule has 0 atom stereocenters. The van der Waals surface area contributed by atoms with Gasteiger partial charge in [-0.1, -0.05) is 0 Å². The van der Waals surface area contributed by atoms with Gasteiger partial charge >= 0.3 is 18.2 Å². The molecular formula is C11H13F3N4O3. The van der Waals surface area contributed by atoms with E-state index in [1.54, 1.807) is 20.8 Å². The van der Waals surface area contributed by atoms with Crippen LogP contribution >= 0.6 is 0 Å². The molecule has 2 N–H and O–H groups in total. The third-order valence-corrected chi connectivity index (χ3v) is 1.95. The summed E-state index contributed by atoms with van der Waals surface area (Å²) in [5, 5.41) is 3.22. The minimum absolute atomic E-state index is 0.0171. The summed E-state index contributed by atoms with van der Waals surface area (Å²) in [6.07, 6.45) is -5.30. The second-order valence-electron chi connectivity index (χ2n) is 4.91. The molecule has 0 aliphatic heterocycles. The molecule has 0 radical (unpaired) electrons. The Balaban J connectivity index is 3.05. The van der Waals surface area contributed by atoms with Crippen LogP contribution in [0, 0.1) is 0 Å². The molecule has 0 aromatic carbocycles. The normalized spacial score (nSPS) is 13.1. The predicted octanol–water partition coefficient (Wildman–Crippen LogP) is 1.73. The van der Waals surface area contributed by atoms with Crippen LogP contribution in [0.4, 0.5) is 18.0 Å².